The summed E-state index contributed by atoms with van der Waals surface area (Å²) >= 11 is 0. The summed E-state index contributed by atoms with van der Waals surface area (Å²) in [5, 5.41) is 44.9. The van der Waals surface area contributed by atoms with Gasteiger partial charge in [0, 0.05) is 23.4 Å². The third-order valence-corrected chi connectivity index (χ3v) is 9.42. The molecule has 1 fully saturated rings. The van der Waals surface area contributed by atoms with E-state index >= 15 is 0 Å². The van der Waals surface area contributed by atoms with Crippen LogP contribution in [0, 0.1) is 13.8 Å². The van der Waals surface area contributed by atoms with Crippen LogP contribution in [0.4, 0.5) is 0 Å². The number of aromatic hydroxyl groups is 1. The number of hydrogen-bond donors (Lipinski definition) is 6. The van der Waals surface area contributed by atoms with E-state index < -0.39 is 55.3 Å². The molecule has 15 heteroatoms. The number of aliphatic imine (C=N–C) groups is 1. The van der Waals surface area contributed by atoms with Gasteiger partial charge in [-0.25, -0.2) is 14.6 Å². The molecule has 7 rings (SSSR count). The maximum absolute atomic E-state index is 13.4. The summed E-state index contributed by atoms with van der Waals surface area (Å²) in [6, 6.07) is 15.0. The minimum absolute atomic E-state index is 0.0521. The molecule has 3 aliphatic heterocycles. The van der Waals surface area contributed by atoms with Crippen molar-refractivity contribution in [2.45, 2.75) is 50.6 Å². The predicted octanol–water partition coefficient (Wildman–Crippen LogP) is 1.40. The molecule has 7 unspecified atom stereocenters. The Bertz CT molecular complexity index is 2240. The van der Waals surface area contributed by atoms with E-state index in [4.69, 9.17) is 23.5 Å². The third kappa shape index (κ3) is 7.15. The fourth-order valence-electron chi connectivity index (χ4n) is 6.82. The van der Waals surface area contributed by atoms with Crippen molar-refractivity contribution in [2.24, 2.45) is 4.99 Å². The molecule has 3 aromatic carbocycles. The fraction of sp³-hybridized carbons (Fsp3) is 0.282. The summed E-state index contributed by atoms with van der Waals surface area (Å²) in [4.78, 5) is 48.5. The number of phenols is 1. The monoisotopic (exact) mass is 740 g/mol. The quantitative estimate of drug-likeness (QED) is 0.0950. The zero-order chi connectivity index (χ0) is 38.3. The number of fused-ring (bicyclic) bond motifs is 2. The first-order chi connectivity index (χ1) is 25.9. The highest BCUT2D eigenvalue weighted by atomic mass is 16.8. The van der Waals surface area contributed by atoms with E-state index in [1.54, 1.807) is 18.3 Å². The van der Waals surface area contributed by atoms with E-state index in [-0.39, 0.29) is 33.5 Å². The zero-order valence-electron chi connectivity index (χ0n) is 29.4. The minimum atomic E-state index is -1.67. The van der Waals surface area contributed by atoms with E-state index in [1.807, 2.05) is 38.1 Å². The molecule has 54 heavy (non-hydrogen) atoms. The first-order valence-electron chi connectivity index (χ1n) is 17.1. The molecular weight excluding hydrogens is 702 g/mol. The van der Waals surface area contributed by atoms with E-state index in [0.29, 0.717) is 22.9 Å². The Balaban J connectivity index is 1.20. The van der Waals surface area contributed by atoms with E-state index in [2.05, 4.69) is 10.3 Å². The van der Waals surface area contributed by atoms with Gasteiger partial charge >= 0.3 is 11.9 Å². The molecule has 4 aromatic rings. The molecule has 0 bridgehead atoms. The lowest BCUT2D eigenvalue weighted by molar-refractivity contribution is -1.04. The van der Waals surface area contributed by atoms with Gasteiger partial charge in [0.05, 0.1) is 10.9 Å². The van der Waals surface area contributed by atoms with Crippen molar-refractivity contribution >= 4 is 34.8 Å². The largest absolute Gasteiger partial charge is 0.508 e. The number of carboxylic acid groups (broad SMARTS) is 1. The number of hydrogen-bond acceptors (Lipinski definition) is 13. The molecule has 1 saturated heterocycles. The number of benzene rings is 3. The number of phenolic OH excluding ortho intramolecular Hbond substituents is 1. The average molecular weight is 741 g/mol. The maximum atomic E-state index is 13.4. The number of esters is 1. The molecule has 3 aliphatic rings. The topological polar surface area (TPSA) is 211 Å². The number of allylic oxidation sites excluding steroid dienone is 1. The summed E-state index contributed by atoms with van der Waals surface area (Å²) < 4.78 is 23.4. The van der Waals surface area contributed by atoms with Gasteiger partial charge < -0.3 is 39.1 Å². The molecule has 1 aromatic heterocycles. The molecule has 7 atom stereocenters. The Labute approximate surface area is 307 Å². The smallest absolute Gasteiger partial charge is 0.334 e. The number of quaternary nitrogens is 1. The van der Waals surface area contributed by atoms with E-state index in [0.717, 1.165) is 28.0 Å². The van der Waals surface area contributed by atoms with Crippen LogP contribution >= 0.6 is 0 Å². The van der Waals surface area contributed by atoms with Crippen LogP contribution in [-0.2, 0) is 23.9 Å². The zero-order valence-corrected chi connectivity index (χ0v) is 29.4. The molecule has 0 spiro atoms. The number of carbonyl (C=O) groups is 2. The van der Waals surface area contributed by atoms with Crippen molar-refractivity contribution in [3.05, 3.63) is 111 Å². The van der Waals surface area contributed by atoms with Crippen LogP contribution in [0.5, 0.6) is 11.5 Å². The highest BCUT2D eigenvalue weighted by Crippen LogP contribution is 2.32. The third-order valence-electron chi connectivity index (χ3n) is 9.42. The SMILES string of the molecule is CNC(C(=O)O)C(=O)OCC1OC(Oc2ccc3c(=O)c(-c4ccc(O)cc4)coc3c2)C(O[NH+]2CC3=CC=NC3=C2c2cc(C)cc(C)c2)C(O)C1O. The Morgan fingerprint density at radius 3 is 2.46 bits per heavy atom. The standard InChI is InChI=1S/C39H37N3O12/c1-19-12-20(2)14-23(13-19)32-30-22(10-11-41-30)16-42(32)54-36-35(46)34(45)29(18-51-38(49)31(40-3)37(47)48)53-39(36)52-25-8-9-26-28(15-25)50-17-27(33(26)44)21-4-6-24(43)7-5-21/h4-15,17,29,31,34-36,39-40,43,45-46H,16,18H2,1-3H3,(H,47,48)/p+1. The number of ether oxygens (including phenoxy) is 3. The van der Waals surface area contributed by atoms with E-state index in [1.165, 1.54) is 43.6 Å². The predicted molar refractivity (Wildman–Crippen MR) is 192 cm³/mol. The molecule has 0 saturated carbocycles. The normalized spacial score (nSPS) is 24.0. The second-order valence-electron chi connectivity index (χ2n) is 13.3. The summed E-state index contributed by atoms with van der Waals surface area (Å²) in [6.07, 6.45) is -2.60. The van der Waals surface area contributed by atoms with Crippen LogP contribution < -0.4 is 20.5 Å². The van der Waals surface area contributed by atoms with Crippen LogP contribution in [0.2, 0.25) is 0 Å². The number of nitrogens with zero attached hydrogens (tertiary/aromatic N) is 1. The molecule has 280 valence electrons. The van der Waals surface area contributed by atoms with Gasteiger partial charge in [0.25, 0.3) is 0 Å². The molecule has 15 nitrogen and oxygen atoms in total. The number of likely N-dealkylation sites (N-methyl/N-ethyl adjacent to an activating group) is 1. The Hall–Kier alpha value is -5.68. The van der Waals surface area contributed by atoms with Crippen molar-refractivity contribution in [3.8, 4) is 22.6 Å². The lowest BCUT2D eigenvalue weighted by atomic mass is 9.99. The summed E-state index contributed by atoms with van der Waals surface area (Å²) in [5.74, 6) is -2.40. The highest BCUT2D eigenvalue weighted by molar-refractivity contribution is 5.98. The summed E-state index contributed by atoms with van der Waals surface area (Å²) in [7, 11) is 1.28. The minimum Gasteiger partial charge on any atom is -0.508 e. The first kappa shape index (κ1) is 36.7. The summed E-state index contributed by atoms with van der Waals surface area (Å²) in [5.41, 5.74) is 5.91. The number of aliphatic hydroxyl groups excluding tert-OH is 2. The lowest BCUT2D eigenvalue weighted by Crippen LogP contribution is -3.08. The fourth-order valence-corrected chi connectivity index (χ4v) is 6.82. The van der Waals surface area contributed by atoms with Crippen LogP contribution in [0.15, 0.2) is 98.5 Å². The average Bonchev–Trinajstić information content (AvgIpc) is 3.72. The highest BCUT2D eigenvalue weighted by Gasteiger charge is 2.51. The van der Waals surface area contributed by atoms with Gasteiger partial charge in [0.2, 0.25) is 18.4 Å². The lowest BCUT2D eigenvalue weighted by Gasteiger charge is -2.41. The van der Waals surface area contributed by atoms with Crippen LogP contribution in [-0.4, -0.2) is 95.5 Å². The van der Waals surface area contributed by atoms with Gasteiger partial charge in [-0.1, -0.05) is 29.3 Å². The van der Waals surface area contributed by atoms with Gasteiger partial charge in [-0.2, -0.15) is 9.90 Å². The van der Waals surface area contributed by atoms with Crippen molar-refractivity contribution < 1.29 is 58.5 Å². The number of aryl methyl sites for hydroxylation is 2. The van der Waals surface area contributed by atoms with Crippen LogP contribution in [0.25, 0.3) is 27.8 Å². The van der Waals surface area contributed by atoms with Gasteiger partial charge in [0.15, 0.2) is 11.1 Å². The Morgan fingerprint density at radius 1 is 1.02 bits per heavy atom. The maximum Gasteiger partial charge on any atom is 0.334 e. The van der Waals surface area contributed by atoms with Gasteiger partial charge in [-0.05, 0) is 68.9 Å². The van der Waals surface area contributed by atoms with Crippen LogP contribution in [0.3, 0.4) is 0 Å². The molecule has 4 heterocycles. The number of carboxylic acids is 1. The van der Waals surface area contributed by atoms with Crippen molar-refractivity contribution in [1.29, 1.82) is 0 Å². The molecular formula is C39H38N3O12+. The summed E-state index contributed by atoms with van der Waals surface area (Å²) in [6.45, 7) is 3.66. The van der Waals surface area contributed by atoms with Crippen LogP contribution in [0.1, 0.15) is 16.7 Å². The molecule has 6 N–H and O–H groups in total. The van der Waals surface area contributed by atoms with Crippen molar-refractivity contribution in [2.75, 3.05) is 20.2 Å². The number of carbonyl (C=O) groups excluding carboxylic acids is 1. The Morgan fingerprint density at radius 2 is 1.76 bits per heavy atom. The second-order valence-corrected chi connectivity index (χ2v) is 13.3. The number of aliphatic hydroxyl groups is 2. The second kappa shape index (κ2) is 15.0. The Kier molecular flexibility index (Phi) is 10.2. The molecule has 0 amide bonds. The number of nitrogens with one attached hydrogen (secondary N) is 2. The van der Waals surface area contributed by atoms with Crippen molar-refractivity contribution in [3.63, 3.8) is 0 Å². The van der Waals surface area contributed by atoms with E-state index in [9.17, 15) is 34.8 Å². The molecule has 0 aliphatic carbocycles. The van der Waals surface area contributed by atoms with Gasteiger partial charge in [0.1, 0.15) is 60.5 Å². The number of rotatable bonds is 11. The molecule has 0 radical (unpaired) electrons. The van der Waals surface area contributed by atoms with Gasteiger partial charge in [-0.3, -0.25) is 10.1 Å². The number of hydroxylamine groups is 2. The number of aliphatic carboxylic acids is 1. The van der Waals surface area contributed by atoms with Gasteiger partial charge in [-0.15, -0.1) is 0 Å². The first-order valence-corrected chi connectivity index (χ1v) is 17.1. The van der Waals surface area contributed by atoms with Crippen molar-refractivity contribution in [1.82, 2.24) is 5.32 Å².